The van der Waals surface area contributed by atoms with E-state index in [9.17, 15) is 0 Å². The molecule has 2 aromatic rings. The van der Waals surface area contributed by atoms with Crippen LogP contribution in [-0.4, -0.2) is 25.2 Å². The van der Waals surface area contributed by atoms with Crippen molar-refractivity contribution >= 4 is 34.1 Å². The number of benzene rings is 1. The number of halogens is 2. The number of rotatable bonds is 4. The van der Waals surface area contributed by atoms with Crippen molar-refractivity contribution in [3.05, 3.63) is 33.9 Å². The summed E-state index contributed by atoms with van der Waals surface area (Å²) in [4.78, 5) is 4.46. The largest absolute Gasteiger partial charge is 0.488 e. The molecule has 0 radical (unpaired) electrons. The maximum absolute atomic E-state index is 6.17. The lowest BCUT2D eigenvalue weighted by Gasteiger charge is -2.12. The van der Waals surface area contributed by atoms with Crippen molar-refractivity contribution in [2.75, 3.05) is 20.2 Å². The lowest BCUT2D eigenvalue weighted by atomic mass is 10.2. The van der Waals surface area contributed by atoms with Crippen molar-refractivity contribution in [2.45, 2.75) is 6.92 Å². The molecule has 1 aromatic heterocycles. The van der Waals surface area contributed by atoms with E-state index in [2.05, 4.69) is 10.3 Å². The van der Waals surface area contributed by atoms with E-state index in [0.717, 1.165) is 17.6 Å². The van der Waals surface area contributed by atoms with Crippen LogP contribution in [0.15, 0.2) is 18.2 Å². The molecule has 0 saturated carbocycles. The van der Waals surface area contributed by atoms with Crippen LogP contribution in [-0.2, 0) is 0 Å². The zero-order chi connectivity index (χ0) is 13.1. The van der Waals surface area contributed by atoms with E-state index in [0.29, 0.717) is 27.9 Å². The molecule has 0 aliphatic rings. The zero-order valence-electron chi connectivity index (χ0n) is 10.3. The Morgan fingerprint density at radius 2 is 2.06 bits per heavy atom. The number of hydrogen-bond donors (Lipinski definition) is 1. The molecular weight excluding hydrogens is 271 g/mol. The van der Waals surface area contributed by atoms with Crippen molar-refractivity contribution in [3.8, 4) is 5.75 Å². The van der Waals surface area contributed by atoms with Gasteiger partial charge in [-0.3, -0.25) is 0 Å². The minimum Gasteiger partial charge on any atom is -0.488 e. The third-order valence-corrected chi connectivity index (χ3v) is 3.17. The molecule has 0 atom stereocenters. The first-order valence-electron chi connectivity index (χ1n) is 5.66. The number of hydrogen-bond acceptors (Lipinski definition) is 3. The lowest BCUT2D eigenvalue weighted by Crippen LogP contribution is -2.16. The van der Waals surface area contributed by atoms with Gasteiger partial charge in [0.15, 0.2) is 5.75 Å². The maximum atomic E-state index is 6.17. The SMILES string of the molecule is CNCCOc1c(Cl)cc(Cl)c2ccc(C)nc12. The Morgan fingerprint density at radius 1 is 1.28 bits per heavy atom. The van der Waals surface area contributed by atoms with Crippen molar-refractivity contribution in [3.63, 3.8) is 0 Å². The van der Waals surface area contributed by atoms with Crippen LogP contribution in [0.25, 0.3) is 10.9 Å². The van der Waals surface area contributed by atoms with Gasteiger partial charge in [0, 0.05) is 17.6 Å². The topological polar surface area (TPSA) is 34.1 Å². The van der Waals surface area contributed by atoms with Gasteiger partial charge in [0.1, 0.15) is 12.1 Å². The smallest absolute Gasteiger partial charge is 0.164 e. The van der Waals surface area contributed by atoms with Gasteiger partial charge in [-0.05, 0) is 32.2 Å². The number of likely N-dealkylation sites (N-methyl/N-ethyl adjacent to an activating group) is 1. The summed E-state index contributed by atoms with van der Waals surface area (Å²) in [5, 5.41) is 4.94. The second-order valence-corrected chi connectivity index (χ2v) is 4.78. The summed E-state index contributed by atoms with van der Waals surface area (Å²) in [6.07, 6.45) is 0. The van der Waals surface area contributed by atoms with Crippen LogP contribution in [0.5, 0.6) is 5.75 Å². The summed E-state index contributed by atoms with van der Waals surface area (Å²) in [5.41, 5.74) is 1.61. The Bertz CT molecular complexity index is 572. The molecule has 96 valence electrons. The molecule has 1 heterocycles. The number of ether oxygens (including phenoxy) is 1. The first kappa shape index (κ1) is 13.4. The maximum Gasteiger partial charge on any atom is 0.164 e. The van der Waals surface area contributed by atoms with Gasteiger partial charge in [0.2, 0.25) is 0 Å². The molecule has 18 heavy (non-hydrogen) atoms. The van der Waals surface area contributed by atoms with E-state index in [1.54, 1.807) is 6.07 Å². The average molecular weight is 285 g/mol. The summed E-state index contributed by atoms with van der Waals surface area (Å²) in [5.74, 6) is 0.593. The monoisotopic (exact) mass is 284 g/mol. The first-order chi connectivity index (χ1) is 8.63. The highest BCUT2D eigenvalue weighted by molar-refractivity contribution is 6.39. The van der Waals surface area contributed by atoms with E-state index >= 15 is 0 Å². The van der Waals surface area contributed by atoms with Gasteiger partial charge >= 0.3 is 0 Å². The first-order valence-corrected chi connectivity index (χ1v) is 6.42. The van der Waals surface area contributed by atoms with Crippen LogP contribution in [0.1, 0.15) is 5.69 Å². The fraction of sp³-hybridized carbons (Fsp3) is 0.308. The van der Waals surface area contributed by atoms with Crippen LogP contribution in [0.2, 0.25) is 10.0 Å². The summed E-state index contributed by atoms with van der Waals surface area (Å²) in [6, 6.07) is 5.54. The molecule has 0 aliphatic carbocycles. The molecule has 0 spiro atoms. The molecule has 0 amide bonds. The molecule has 1 N–H and O–H groups in total. The van der Waals surface area contributed by atoms with Gasteiger partial charge in [-0.1, -0.05) is 23.2 Å². The van der Waals surface area contributed by atoms with E-state index in [4.69, 9.17) is 27.9 Å². The normalized spacial score (nSPS) is 10.9. The minimum absolute atomic E-state index is 0.488. The Hall–Kier alpha value is -1.03. The highest BCUT2D eigenvalue weighted by Crippen LogP contribution is 2.37. The minimum atomic E-state index is 0.488. The Morgan fingerprint density at radius 3 is 2.78 bits per heavy atom. The van der Waals surface area contributed by atoms with E-state index in [1.165, 1.54) is 0 Å². The number of nitrogens with zero attached hydrogens (tertiary/aromatic N) is 1. The van der Waals surface area contributed by atoms with Crippen molar-refractivity contribution in [1.29, 1.82) is 0 Å². The Labute approximate surface area is 116 Å². The highest BCUT2D eigenvalue weighted by atomic mass is 35.5. The Balaban J connectivity index is 2.52. The second-order valence-electron chi connectivity index (χ2n) is 3.97. The quantitative estimate of drug-likeness (QED) is 0.874. The number of pyridine rings is 1. The standard InChI is InChI=1S/C13H14Cl2N2O/c1-8-3-4-9-10(14)7-11(15)13(12(9)17-8)18-6-5-16-2/h3-4,7,16H,5-6H2,1-2H3. The van der Waals surface area contributed by atoms with Gasteiger partial charge in [0.05, 0.1) is 10.0 Å². The third-order valence-electron chi connectivity index (χ3n) is 2.58. The summed E-state index contributed by atoms with van der Waals surface area (Å²) in [6.45, 7) is 3.19. The van der Waals surface area contributed by atoms with Gasteiger partial charge in [-0.15, -0.1) is 0 Å². The van der Waals surface area contributed by atoms with E-state index in [1.807, 2.05) is 26.1 Å². The predicted octanol–water partition coefficient (Wildman–Crippen LogP) is 3.45. The van der Waals surface area contributed by atoms with Gasteiger partial charge < -0.3 is 10.1 Å². The molecule has 3 nitrogen and oxygen atoms in total. The molecule has 0 unspecified atom stereocenters. The fourth-order valence-corrected chi connectivity index (χ4v) is 2.25. The fourth-order valence-electron chi connectivity index (χ4n) is 1.68. The van der Waals surface area contributed by atoms with Crippen molar-refractivity contribution < 1.29 is 4.74 Å². The van der Waals surface area contributed by atoms with Crippen LogP contribution in [0, 0.1) is 6.92 Å². The summed E-state index contributed by atoms with van der Waals surface area (Å²) in [7, 11) is 1.87. The summed E-state index contributed by atoms with van der Waals surface area (Å²) >= 11 is 12.3. The van der Waals surface area contributed by atoms with Crippen LogP contribution in [0.4, 0.5) is 0 Å². The third kappa shape index (κ3) is 2.69. The summed E-state index contributed by atoms with van der Waals surface area (Å²) < 4.78 is 5.68. The van der Waals surface area contributed by atoms with E-state index in [-0.39, 0.29) is 0 Å². The molecule has 0 saturated heterocycles. The second kappa shape index (κ2) is 5.74. The predicted molar refractivity (Wildman–Crippen MR) is 75.9 cm³/mol. The van der Waals surface area contributed by atoms with Crippen molar-refractivity contribution in [2.24, 2.45) is 0 Å². The Kier molecular flexibility index (Phi) is 4.27. The molecule has 2 rings (SSSR count). The number of aromatic nitrogens is 1. The van der Waals surface area contributed by atoms with Gasteiger partial charge in [0.25, 0.3) is 0 Å². The van der Waals surface area contributed by atoms with Crippen LogP contribution in [0.3, 0.4) is 0 Å². The molecule has 0 fully saturated rings. The van der Waals surface area contributed by atoms with Crippen LogP contribution < -0.4 is 10.1 Å². The number of nitrogens with one attached hydrogen (secondary N) is 1. The lowest BCUT2D eigenvalue weighted by molar-refractivity contribution is 0.321. The molecular formula is C13H14Cl2N2O. The van der Waals surface area contributed by atoms with Gasteiger partial charge in [-0.25, -0.2) is 4.98 Å². The number of aryl methyl sites for hydroxylation is 1. The molecule has 0 bridgehead atoms. The molecule has 1 aromatic carbocycles. The molecule has 0 aliphatic heterocycles. The number of fused-ring (bicyclic) bond motifs is 1. The average Bonchev–Trinajstić information content (AvgIpc) is 2.33. The highest BCUT2D eigenvalue weighted by Gasteiger charge is 2.12. The zero-order valence-corrected chi connectivity index (χ0v) is 11.8. The van der Waals surface area contributed by atoms with E-state index < -0.39 is 0 Å². The molecule has 5 heteroatoms. The van der Waals surface area contributed by atoms with Gasteiger partial charge in [-0.2, -0.15) is 0 Å². The van der Waals surface area contributed by atoms with Crippen molar-refractivity contribution in [1.82, 2.24) is 10.3 Å². The van der Waals surface area contributed by atoms with Crippen LogP contribution >= 0.6 is 23.2 Å².